The van der Waals surface area contributed by atoms with Gasteiger partial charge in [-0.05, 0) is 0 Å². The van der Waals surface area contributed by atoms with Crippen LogP contribution < -0.4 is 10.2 Å². The molecule has 0 fully saturated rings. The van der Waals surface area contributed by atoms with Crippen LogP contribution in [0.15, 0.2) is 0 Å². The summed E-state index contributed by atoms with van der Waals surface area (Å²) in [5, 5.41) is 33.0. The molecule has 0 rings (SSSR count). The van der Waals surface area contributed by atoms with Gasteiger partial charge in [0.15, 0.2) is 0 Å². The van der Waals surface area contributed by atoms with Gasteiger partial charge in [0.2, 0.25) is 0 Å². The standard InChI is InChI=1S/2C2H4O3.Co.2H2O/c2*3-1-2(4)5;;;/h2*3H,1H2,(H,4,5);;2*1H2/q;;+2;;. The topological polar surface area (TPSA) is 187 Å². The van der Waals surface area contributed by atoms with Crippen LogP contribution in [0.5, 0.6) is 0 Å². The maximum Gasteiger partial charge on any atom is 2.00 e. The summed E-state index contributed by atoms with van der Waals surface area (Å²) < 4.78 is 0. The maximum atomic E-state index is 9.01. The summed E-state index contributed by atoms with van der Waals surface area (Å²) in [6.45, 7) is -1.78. The van der Waals surface area contributed by atoms with Crippen molar-refractivity contribution in [3.63, 3.8) is 0 Å². The predicted octanol–water partition coefficient (Wildman–Crippen LogP) is -6.39. The molecule has 8 N–H and O–H groups in total. The maximum absolute atomic E-state index is 9.01. The second kappa shape index (κ2) is 22.5. The number of carboxylic acids is 2. The molecule has 0 saturated carbocycles. The van der Waals surface area contributed by atoms with Gasteiger partial charge in [-0.2, -0.15) is 0 Å². The largest absolute Gasteiger partial charge is 2.00 e. The van der Waals surface area contributed by atoms with Crippen LogP contribution >= 0.6 is 0 Å². The van der Waals surface area contributed by atoms with Gasteiger partial charge in [-0.1, -0.05) is 0 Å². The van der Waals surface area contributed by atoms with Crippen molar-refractivity contribution in [2.24, 2.45) is 0 Å². The second-order valence-corrected chi connectivity index (χ2v) is 1.06. The first-order chi connectivity index (χ1) is 4.54. The fraction of sp³-hybridized carbons (Fsp3) is 0.500. The van der Waals surface area contributed by atoms with Crippen molar-refractivity contribution >= 4 is 11.9 Å². The molecule has 0 aliphatic heterocycles. The summed E-state index contributed by atoms with van der Waals surface area (Å²) in [5.41, 5.74) is 0. The Balaban J connectivity index is -0.0000000267. The number of aliphatic hydroxyl groups excluding tert-OH is 2. The number of aliphatic carboxylic acids is 2. The Morgan fingerprint density at radius 2 is 1.00 bits per heavy atom. The van der Waals surface area contributed by atoms with E-state index in [9.17, 15) is 0 Å². The van der Waals surface area contributed by atoms with E-state index < -0.39 is 25.2 Å². The number of carbonyl (C=O) groups excluding carboxylic acids is 2. The molecule has 1 radical (unpaired) electrons. The Labute approximate surface area is 83.6 Å². The minimum atomic E-state index is -1.44. The van der Waals surface area contributed by atoms with Gasteiger partial charge in [-0.25, -0.2) is 0 Å². The van der Waals surface area contributed by atoms with Gasteiger partial charge in [0.05, 0.1) is 25.2 Å². The Kier molecular flexibility index (Phi) is 51.0. The third-order valence-corrected chi connectivity index (χ3v) is 0.258. The molecule has 0 aromatic carbocycles. The molecular formula is C4H12CoO8+2. The fourth-order valence-electron chi connectivity index (χ4n) is 0. The van der Waals surface area contributed by atoms with Gasteiger partial charge in [-0.15, -0.1) is 0 Å². The predicted molar refractivity (Wildman–Crippen MR) is 33.9 cm³/mol. The molecule has 8 nitrogen and oxygen atoms in total. The van der Waals surface area contributed by atoms with E-state index in [2.05, 4.69) is 0 Å². The normalized spacial score (nSPS) is 5.69. The first-order valence-electron chi connectivity index (χ1n) is 2.16. The Bertz CT molecular complexity index is 101. The summed E-state index contributed by atoms with van der Waals surface area (Å²) in [7, 11) is 0. The molecule has 0 aliphatic carbocycles. The molecule has 0 aromatic heterocycles. The van der Waals surface area contributed by atoms with E-state index in [0.29, 0.717) is 0 Å². The van der Waals surface area contributed by atoms with Crippen LogP contribution in [0.4, 0.5) is 0 Å². The van der Waals surface area contributed by atoms with Crippen LogP contribution in [0, 0.1) is 0 Å². The molecule has 13 heavy (non-hydrogen) atoms. The van der Waals surface area contributed by atoms with Crippen molar-refractivity contribution in [2.75, 3.05) is 13.2 Å². The molecule has 0 aromatic rings. The van der Waals surface area contributed by atoms with Gasteiger partial charge < -0.3 is 41.0 Å². The van der Waals surface area contributed by atoms with Crippen molar-refractivity contribution in [1.82, 2.24) is 0 Å². The second-order valence-electron chi connectivity index (χ2n) is 1.06. The number of aliphatic hydroxyl groups is 2. The minimum Gasteiger partial charge on any atom is -0.548 e. The first kappa shape index (κ1) is 29.5. The summed E-state index contributed by atoms with van der Waals surface area (Å²) in [5.74, 6) is -2.88. The van der Waals surface area contributed by atoms with Crippen LogP contribution in [-0.4, -0.2) is 35.4 Å². The molecule has 0 aliphatic rings. The van der Waals surface area contributed by atoms with E-state index in [1.54, 1.807) is 0 Å². The van der Waals surface area contributed by atoms with E-state index in [1.807, 2.05) is 0 Å². The first-order valence-corrected chi connectivity index (χ1v) is 2.16. The van der Waals surface area contributed by atoms with Crippen molar-refractivity contribution < 1.29 is 57.7 Å². The molecule has 0 saturated heterocycles. The van der Waals surface area contributed by atoms with Gasteiger partial charge in [0.1, 0.15) is 0 Å². The number of hydrogen-bond acceptors (Lipinski definition) is 6. The molecular weight excluding hydrogens is 235 g/mol. The van der Waals surface area contributed by atoms with Crippen molar-refractivity contribution in [3.05, 3.63) is 0 Å². The molecule has 0 unspecified atom stereocenters. The van der Waals surface area contributed by atoms with E-state index in [0.717, 1.165) is 0 Å². The number of carbonyl (C=O) groups is 2. The van der Waals surface area contributed by atoms with E-state index >= 15 is 0 Å². The summed E-state index contributed by atoms with van der Waals surface area (Å²) in [6.07, 6.45) is 0. The van der Waals surface area contributed by atoms with Gasteiger partial charge in [0.25, 0.3) is 0 Å². The van der Waals surface area contributed by atoms with Crippen LogP contribution in [0.1, 0.15) is 0 Å². The Hall–Kier alpha value is -0.714. The van der Waals surface area contributed by atoms with E-state index in [-0.39, 0.29) is 27.7 Å². The minimum absolute atomic E-state index is 0. The zero-order valence-corrected chi connectivity index (χ0v) is 7.47. The molecule has 83 valence electrons. The van der Waals surface area contributed by atoms with E-state index in [1.165, 1.54) is 0 Å². The molecule has 9 heteroatoms. The number of rotatable bonds is 2. The average Bonchev–Trinajstić information content (AvgIpc) is 1.89. The Morgan fingerprint density at radius 3 is 1.00 bits per heavy atom. The van der Waals surface area contributed by atoms with Gasteiger partial charge in [-0.3, -0.25) is 0 Å². The molecule has 0 spiro atoms. The van der Waals surface area contributed by atoms with Gasteiger partial charge in [0, 0.05) is 0 Å². The Morgan fingerprint density at radius 1 is 0.923 bits per heavy atom. The third kappa shape index (κ3) is 90.1. The smallest absolute Gasteiger partial charge is 0.548 e. The number of hydrogen-bond donors (Lipinski definition) is 2. The van der Waals surface area contributed by atoms with Gasteiger partial charge >= 0.3 is 16.8 Å². The third-order valence-electron chi connectivity index (χ3n) is 0.258. The summed E-state index contributed by atoms with van der Waals surface area (Å²) in [4.78, 5) is 18.0. The zero-order chi connectivity index (χ0) is 8.57. The monoisotopic (exact) mass is 247 g/mol. The zero-order valence-electron chi connectivity index (χ0n) is 6.43. The summed E-state index contributed by atoms with van der Waals surface area (Å²) in [6, 6.07) is 0. The molecule has 0 atom stereocenters. The number of carboxylic acid groups (broad SMARTS) is 2. The summed E-state index contributed by atoms with van der Waals surface area (Å²) >= 11 is 0. The van der Waals surface area contributed by atoms with Crippen LogP contribution in [0.2, 0.25) is 0 Å². The van der Waals surface area contributed by atoms with Crippen molar-refractivity contribution in [1.29, 1.82) is 0 Å². The molecule has 0 amide bonds. The quantitative estimate of drug-likeness (QED) is 0.456. The van der Waals surface area contributed by atoms with Crippen LogP contribution in [-0.2, 0) is 37.3 Å². The van der Waals surface area contributed by atoms with E-state index in [4.69, 9.17) is 30.0 Å². The molecule has 0 bridgehead atoms. The van der Waals surface area contributed by atoms with Crippen LogP contribution in [0.3, 0.4) is 0 Å². The fourth-order valence-corrected chi connectivity index (χ4v) is 0. The molecule has 0 heterocycles. The van der Waals surface area contributed by atoms with Crippen molar-refractivity contribution in [3.8, 4) is 0 Å². The van der Waals surface area contributed by atoms with Crippen molar-refractivity contribution in [2.45, 2.75) is 0 Å². The van der Waals surface area contributed by atoms with Crippen LogP contribution in [0.25, 0.3) is 0 Å². The average molecular weight is 247 g/mol. The SMILES string of the molecule is O=C([O-])CO.O=C([O-])CO.[Co+2].[OH3+].[OH3+].